The van der Waals surface area contributed by atoms with Gasteiger partial charge in [0.15, 0.2) is 0 Å². The number of rotatable bonds is 6. The smallest absolute Gasteiger partial charge is 0.267 e. The second-order valence-electron chi connectivity index (χ2n) is 3.99. The number of aliphatic hydroxyl groups excluding tert-OH is 1. The number of hydrogen-bond acceptors (Lipinski definition) is 3. The molecule has 0 aliphatic rings. The summed E-state index contributed by atoms with van der Waals surface area (Å²) in [4.78, 5) is 0. The third-order valence-electron chi connectivity index (χ3n) is 1.73. The van der Waals surface area contributed by atoms with Crippen molar-refractivity contribution in [3.05, 3.63) is 12.7 Å². The molecule has 0 amide bonds. The molecule has 0 saturated carbocycles. The Morgan fingerprint density at radius 2 is 2.00 bits per heavy atom. The lowest BCUT2D eigenvalue weighted by Gasteiger charge is -2.30. The van der Waals surface area contributed by atoms with Crippen LogP contribution < -0.4 is 0 Å². The highest BCUT2D eigenvalue weighted by Gasteiger charge is 2.22. The Hall–Kier alpha value is -0.430. The topological polar surface area (TPSA) is 74.6 Å². The molecule has 0 fully saturated rings. The standard InChI is InChI=1S/C8H17NO4S/c1-4-5-9(2,3)6-8(10)7-14(11,12)13/h4,8,10H,1,5-7H2,2-3H3/p+1. The fourth-order valence-electron chi connectivity index (χ4n) is 1.29. The molecular formula is C8H18NO4S+. The summed E-state index contributed by atoms with van der Waals surface area (Å²) >= 11 is 0. The first-order chi connectivity index (χ1) is 6.16. The highest BCUT2D eigenvalue weighted by Crippen LogP contribution is 2.01. The van der Waals surface area contributed by atoms with Crippen molar-refractivity contribution in [2.45, 2.75) is 6.10 Å². The lowest BCUT2D eigenvalue weighted by atomic mass is 10.3. The summed E-state index contributed by atoms with van der Waals surface area (Å²) in [6, 6.07) is 0. The van der Waals surface area contributed by atoms with E-state index in [-0.39, 0.29) is 6.54 Å². The van der Waals surface area contributed by atoms with Crippen LogP contribution >= 0.6 is 0 Å². The van der Waals surface area contributed by atoms with E-state index in [4.69, 9.17) is 4.55 Å². The molecular weight excluding hydrogens is 206 g/mol. The first-order valence-electron chi connectivity index (χ1n) is 4.22. The summed E-state index contributed by atoms with van der Waals surface area (Å²) in [5.41, 5.74) is 0. The molecule has 1 unspecified atom stereocenters. The summed E-state index contributed by atoms with van der Waals surface area (Å²) in [7, 11) is -0.412. The highest BCUT2D eigenvalue weighted by molar-refractivity contribution is 7.85. The van der Waals surface area contributed by atoms with Gasteiger partial charge in [-0.25, -0.2) is 0 Å². The molecule has 0 aromatic rings. The number of quaternary nitrogens is 1. The zero-order valence-corrected chi connectivity index (χ0v) is 9.37. The second kappa shape index (κ2) is 4.88. The minimum Gasteiger partial charge on any atom is -0.386 e. The van der Waals surface area contributed by atoms with Gasteiger partial charge in [-0.15, -0.1) is 0 Å². The van der Waals surface area contributed by atoms with E-state index < -0.39 is 22.0 Å². The monoisotopic (exact) mass is 224 g/mol. The van der Waals surface area contributed by atoms with E-state index in [9.17, 15) is 13.5 Å². The Kier molecular flexibility index (Phi) is 4.73. The lowest BCUT2D eigenvalue weighted by molar-refractivity contribution is -0.887. The zero-order chi connectivity index (χ0) is 11.4. The fourth-order valence-corrected chi connectivity index (χ4v) is 1.88. The van der Waals surface area contributed by atoms with Gasteiger partial charge in [0.25, 0.3) is 10.1 Å². The quantitative estimate of drug-likeness (QED) is 0.362. The maximum Gasteiger partial charge on any atom is 0.267 e. The van der Waals surface area contributed by atoms with E-state index >= 15 is 0 Å². The third kappa shape index (κ3) is 7.02. The van der Waals surface area contributed by atoms with E-state index in [1.54, 1.807) is 6.08 Å². The number of hydrogen-bond donors (Lipinski definition) is 2. The van der Waals surface area contributed by atoms with Gasteiger partial charge < -0.3 is 9.59 Å². The summed E-state index contributed by atoms with van der Waals surface area (Å²) < 4.78 is 29.8. The van der Waals surface area contributed by atoms with Gasteiger partial charge in [0, 0.05) is 0 Å². The van der Waals surface area contributed by atoms with Crippen molar-refractivity contribution in [1.82, 2.24) is 0 Å². The fraction of sp³-hybridized carbons (Fsp3) is 0.750. The van der Waals surface area contributed by atoms with E-state index in [1.165, 1.54) is 0 Å². The van der Waals surface area contributed by atoms with Crippen molar-refractivity contribution in [2.75, 3.05) is 32.9 Å². The molecule has 1 atom stereocenters. The normalized spacial score (nSPS) is 15.1. The average Bonchev–Trinajstić information content (AvgIpc) is 1.78. The molecule has 0 radical (unpaired) electrons. The maximum absolute atomic E-state index is 10.5. The van der Waals surface area contributed by atoms with Gasteiger partial charge >= 0.3 is 0 Å². The van der Waals surface area contributed by atoms with Crippen LogP contribution in [-0.4, -0.2) is 61.6 Å². The van der Waals surface area contributed by atoms with Crippen LogP contribution in [-0.2, 0) is 10.1 Å². The molecule has 6 heteroatoms. The molecule has 0 aliphatic heterocycles. The summed E-state index contributed by atoms with van der Waals surface area (Å²) in [6.45, 7) is 4.45. The van der Waals surface area contributed by atoms with Gasteiger partial charge in [-0.2, -0.15) is 8.42 Å². The van der Waals surface area contributed by atoms with Crippen LogP contribution in [0.5, 0.6) is 0 Å². The average molecular weight is 224 g/mol. The summed E-state index contributed by atoms with van der Waals surface area (Å²) in [5, 5.41) is 9.36. The molecule has 0 spiro atoms. The van der Waals surface area contributed by atoms with Crippen molar-refractivity contribution in [2.24, 2.45) is 0 Å². The number of nitrogens with zero attached hydrogens (tertiary/aromatic N) is 1. The van der Waals surface area contributed by atoms with Crippen molar-refractivity contribution >= 4 is 10.1 Å². The van der Waals surface area contributed by atoms with Crippen molar-refractivity contribution in [3.8, 4) is 0 Å². The second-order valence-corrected chi connectivity index (χ2v) is 5.49. The van der Waals surface area contributed by atoms with Crippen LogP contribution in [0.1, 0.15) is 0 Å². The van der Waals surface area contributed by atoms with Gasteiger partial charge in [0.05, 0.1) is 20.6 Å². The minimum atomic E-state index is -4.10. The summed E-state index contributed by atoms with van der Waals surface area (Å²) in [6.07, 6.45) is 0.639. The minimum absolute atomic E-state index is 0.256. The molecule has 0 rings (SSSR count). The maximum atomic E-state index is 10.5. The van der Waals surface area contributed by atoms with E-state index in [0.717, 1.165) is 0 Å². The Morgan fingerprint density at radius 3 is 2.36 bits per heavy atom. The van der Waals surface area contributed by atoms with Gasteiger partial charge in [-0.1, -0.05) is 6.58 Å². The molecule has 0 heterocycles. The van der Waals surface area contributed by atoms with Crippen LogP contribution in [0.3, 0.4) is 0 Å². The van der Waals surface area contributed by atoms with E-state index in [1.807, 2.05) is 14.1 Å². The van der Waals surface area contributed by atoms with Gasteiger partial charge in [0.2, 0.25) is 0 Å². The molecule has 0 bridgehead atoms. The first kappa shape index (κ1) is 13.6. The van der Waals surface area contributed by atoms with Crippen molar-refractivity contribution in [1.29, 1.82) is 0 Å². The zero-order valence-electron chi connectivity index (χ0n) is 8.55. The highest BCUT2D eigenvalue weighted by atomic mass is 32.2. The van der Waals surface area contributed by atoms with Gasteiger partial charge in [-0.05, 0) is 6.08 Å². The third-order valence-corrected chi connectivity index (χ3v) is 2.54. The molecule has 84 valence electrons. The lowest BCUT2D eigenvalue weighted by Crippen LogP contribution is -2.47. The van der Waals surface area contributed by atoms with Crippen LogP contribution in [0.25, 0.3) is 0 Å². The Labute approximate surface area is 85.0 Å². The molecule has 14 heavy (non-hydrogen) atoms. The molecule has 2 N–H and O–H groups in total. The van der Waals surface area contributed by atoms with Gasteiger partial charge in [-0.3, -0.25) is 4.55 Å². The molecule has 0 aromatic heterocycles. The van der Waals surface area contributed by atoms with Crippen LogP contribution in [0.15, 0.2) is 12.7 Å². The number of aliphatic hydroxyl groups is 1. The van der Waals surface area contributed by atoms with Crippen molar-refractivity contribution in [3.63, 3.8) is 0 Å². The molecule has 0 aliphatic carbocycles. The van der Waals surface area contributed by atoms with Gasteiger partial charge in [0.1, 0.15) is 18.4 Å². The molecule has 0 aromatic carbocycles. The Morgan fingerprint density at radius 1 is 1.50 bits per heavy atom. The van der Waals surface area contributed by atoms with Crippen LogP contribution in [0, 0.1) is 0 Å². The van der Waals surface area contributed by atoms with Crippen molar-refractivity contribution < 1.29 is 22.6 Å². The van der Waals surface area contributed by atoms with E-state index in [0.29, 0.717) is 11.0 Å². The Bertz CT molecular complexity index is 284. The predicted octanol–water partition coefficient (Wildman–Crippen LogP) is -0.502. The van der Waals surface area contributed by atoms with E-state index in [2.05, 4.69) is 6.58 Å². The molecule has 5 nitrogen and oxygen atoms in total. The predicted molar refractivity (Wildman–Crippen MR) is 54.5 cm³/mol. The first-order valence-corrected chi connectivity index (χ1v) is 5.83. The largest absolute Gasteiger partial charge is 0.386 e. The van der Waals surface area contributed by atoms with Crippen LogP contribution in [0.2, 0.25) is 0 Å². The molecule has 0 saturated heterocycles. The number of likely N-dealkylation sites (N-methyl/N-ethyl adjacent to an activating group) is 1. The van der Waals surface area contributed by atoms with Crippen LogP contribution in [0.4, 0.5) is 0 Å². The SMILES string of the molecule is C=CC[N+](C)(C)CC(O)CS(=O)(=O)O. The summed E-state index contributed by atoms with van der Waals surface area (Å²) in [5.74, 6) is -0.619. The Balaban J connectivity index is 4.18.